The highest BCUT2D eigenvalue weighted by Crippen LogP contribution is 2.22. The summed E-state index contributed by atoms with van der Waals surface area (Å²) < 4.78 is 0. The number of carboxylic acid groups (broad SMARTS) is 1. The predicted octanol–water partition coefficient (Wildman–Crippen LogP) is 2.92. The van der Waals surface area contributed by atoms with Gasteiger partial charge in [-0.15, -0.1) is 0 Å². The van der Waals surface area contributed by atoms with Gasteiger partial charge in [0.1, 0.15) is 0 Å². The minimum absolute atomic E-state index is 0.0473. The highest BCUT2D eigenvalue weighted by atomic mass is 16.4. The van der Waals surface area contributed by atoms with Gasteiger partial charge in [0.2, 0.25) is 0 Å². The number of hydrogen-bond acceptors (Lipinski definition) is 1. The summed E-state index contributed by atoms with van der Waals surface area (Å²) in [4.78, 5) is 13.7. The summed E-state index contributed by atoms with van der Waals surface area (Å²) in [6.45, 7) is 4.28. The van der Waals surface area contributed by atoms with Crippen LogP contribution in [0, 0.1) is 0 Å². The molecule has 0 fully saturated rings. The highest BCUT2D eigenvalue weighted by Gasteiger charge is 2.06. The second-order valence-electron chi connectivity index (χ2n) is 4.37. The Labute approximate surface area is 94.1 Å². The van der Waals surface area contributed by atoms with Crippen molar-refractivity contribution >= 4 is 16.9 Å². The first-order valence-electron chi connectivity index (χ1n) is 5.39. The summed E-state index contributed by atoms with van der Waals surface area (Å²) in [7, 11) is 0. The van der Waals surface area contributed by atoms with Crippen molar-refractivity contribution in [1.82, 2.24) is 4.98 Å². The predicted molar refractivity (Wildman–Crippen MR) is 63.7 cm³/mol. The van der Waals surface area contributed by atoms with Gasteiger partial charge in [-0.05, 0) is 29.0 Å². The molecule has 0 saturated heterocycles. The highest BCUT2D eigenvalue weighted by molar-refractivity contribution is 5.82. The SMILES string of the molecule is CC(C)c1ccc2cc(CC(=O)O)[nH]c2c1. The van der Waals surface area contributed by atoms with Crippen LogP contribution in [-0.4, -0.2) is 16.1 Å². The zero-order valence-electron chi connectivity index (χ0n) is 9.45. The van der Waals surface area contributed by atoms with E-state index in [9.17, 15) is 4.79 Å². The molecule has 0 radical (unpaired) electrons. The van der Waals surface area contributed by atoms with E-state index >= 15 is 0 Å². The Hall–Kier alpha value is -1.77. The van der Waals surface area contributed by atoms with Gasteiger partial charge in [-0.3, -0.25) is 4.79 Å². The van der Waals surface area contributed by atoms with Crippen molar-refractivity contribution in [2.24, 2.45) is 0 Å². The molecular weight excluding hydrogens is 202 g/mol. The Morgan fingerprint density at radius 3 is 2.75 bits per heavy atom. The van der Waals surface area contributed by atoms with E-state index in [1.54, 1.807) is 0 Å². The quantitative estimate of drug-likeness (QED) is 0.830. The van der Waals surface area contributed by atoms with Crippen LogP contribution >= 0.6 is 0 Å². The zero-order chi connectivity index (χ0) is 11.7. The van der Waals surface area contributed by atoms with Crippen LogP contribution in [-0.2, 0) is 11.2 Å². The third-order valence-corrected chi connectivity index (χ3v) is 2.71. The van der Waals surface area contributed by atoms with Gasteiger partial charge < -0.3 is 10.1 Å². The number of aliphatic carboxylic acids is 1. The van der Waals surface area contributed by atoms with Gasteiger partial charge >= 0.3 is 5.97 Å². The molecule has 0 aliphatic heterocycles. The number of hydrogen-bond donors (Lipinski definition) is 2. The Morgan fingerprint density at radius 1 is 1.38 bits per heavy atom. The van der Waals surface area contributed by atoms with E-state index < -0.39 is 5.97 Å². The fourth-order valence-electron chi connectivity index (χ4n) is 1.82. The Morgan fingerprint density at radius 2 is 2.12 bits per heavy atom. The fraction of sp³-hybridized carbons (Fsp3) is 0.308. The van der Waals surface area contributed by atoms with Crippen LogP contribution in [0.1, 0.15) is 31.0 Å². The van der Waals surface area contributed by atoms with E-state index in [0.29, 0.717) is 5.92 Å². The lowest BCUT2D eigenvalue weighted by molar-refractivity contribution is -0.136. The Bertz CT molecular complexity index is 526. The van der Waals surface area contributed by atoms with Crippen LogP contribution in [0.15, 0.2) is 24.3 Å². The molecule has 3 heteroatoms. The molecule has 1 aromatic carbocycles. The summed E-state index contributed by atoms with van der Waals surface area (Å²) in [6, 6.07) is 8.11. The number of carboxylic acids is 1. The molecule has 0 aliphatic carbocycles. The van der Waals surface area contributed by atoms with E-state index in [2.05, 4.69) is 31.0 Å². The second-order valence-corrected chi connectivity index (χ2v) is 4.37. The van der Waals surface area contributed by atoms with Crippen molar-refractivity contribution in [2.75, 3.05) is 0 Å². The molecule has 0 bridgehead atoms. The van der Waals surface area contributed by atoms with Gasteiger partial charge in [-0.1, -0.05) is 26.0 Å². The number of H-pyrrole nitrogens is 1. The lowest BCUT2D eigenvalue weighted by atomic mass is 10.0. The summed E-state index contributed by atoms with van der Waals surface area (Å²) in [5.74, 6) is -0.328. The topological polar surface area (TPSA) is 53.1 Å². The van der Waals surface area contributed by atoms with Gasteiger partial charge in [0.05, 0.1) is 6.42 Å². The molecular formula is C13H15NO2. The second kappa shape index (κ2) is 4.00. The smallest absolute Gasteiger partial charge is 0.309 e. The molecule has 0 amide bonds. The van der Waals surface area contributed by atoms with E-state index in [1.807, 2.05) is 12.1 Å². The molecule has 16 heavy (non-hydrogen) atoms. The van der Waals surface area contributed by atoms with Crippen LogP contribution in [0.3, 0.4) is 0 Å². The number of aromatic nitrogens is 1. The number of rotatable bonds is 3. The number of benzene rings is 1. The molecule has 2 N–H and O–H groups in total. The van der Waals surface area contributed by atoms with E-state index in [0.717, 1.165) is 16.6 Å². The van der Waals surface area contributed by atoms with Crippen molar-refractivity contribution < 1.29 is 9.90 Å². The lowest BCUT2D eigenvalue weighted by Gasteiger charge is -2.03. The molecule has 1 heterocycles. The molecule has 0 unspecified atom stereocenters. The van der Waals surface area contributed by atoms with E-state index in [-0.39, 0.29) is 6.42 Å². The molecule has 0 spiro atoms. The van der Waals surface area contributed by atoms with Gasteiger partial charge in [0.15, 0.2) is 0 Å². The first-order chi connectivity index (χ1) is 7.56. The molecule has 0 aliphatic rings. The summed E-state index contributed by atoms with van der Waals surface area (Å²) >= 11 is 0. The standard InChI is InChI=1S/C13H15NO2/c1-8(2)9-3-4-10-5-11(7-13(15)16)14-12(10)6-9/h3-6,8,14H,7H2,1-2H3,(H,15,16). The maximum Gasteiger partial charge on any atom is 0.309 e. The van der Waals surface area contributed by atoms with Crippen molar-refractivity contribution in [3.05, 3.63) is 35.5 Å². The summed E-state index contributed by atoms with van der Waals surface area (Å²) in [5.41, 5.74) is 3.03. The number of nitrogens with one attached hydrogen (secondary N) is 1. The van der Waals surface area contributed by atoms with Crippen molar-refractivity contribution in [1.29, 1.82) is 0 Å². The fourth-order valence-corrected chi connectivity index (χ4v) is 1.82. The summed E-state index contributed by atoms with van der Waals surface area (Å²) in [5, 5.41) is 9.78. The average Bonchev–Trinajstić information content (AvgIpc) is 2.56. The monoisotopic (exact) mass is 217 g/mol. The third-order valence-electron chi connectivity index (χ3n) is 2.71. The number of aromatic amines is 1. The normalized spacial score (nSPS) is 11.2. The van der Waals surface area contributed by atoms with Crippen LogP contribution in [0.5, 0.6) is 0 Å². The first-order valence-corrected chi connectivity index (χ1v) is 5.39. The van der Waals surface area contributed by atoms with Gasteiger partial charge in [0.25, 0.3) is 0 Å². The molecule has 2 rings (SSSR count). The molecule has 2 aromatic rings. The van der Waals surface area contributed by atoms with Crippen LogP contribution in [0.25, 0.3) is 10.9 Å². The van der Waals surface area contributed by atoms with Crippen LogP contribution in [0.4, 0.5) is 0 Å². The van der Waals surface area contributed by atoms with Crippen LogP contribution in [0.2, 0.25) is 0 Å². The number of fused-ring (bicyclic) bond motifs is 1. The molecule has 0 atom stereocenters. The molecule has 84 valence electrons. The molecule has 1 aromatic heterocycles. The number of carbonyl (C=O) groups is 1. The first kappa shape index (κ1) is 10.7. The minimum atomic E-state index is -0.810. The lowest BCUT2D eigenvalue weighted by Crippen LogP contribution is -1.99. The summed E-state index contributed by atoms with van der Waals surface area (Å²) in [6.07, 6.45) is 0.0473. The van der Waals surface area contributed by atoms with Crippen molar-refractivity contribution in [3.63, 3.8) is 0 Å². The Kier molecular flexibility index (Phi) is 2.69. The largest absolute Gasteiger partial charge is 0.481 e. The molecule has 3 nitrogen and oxygen atoms in total. The maximum absolute atomic E-state index is 10.6. The maximum atomic E-state index is 10.6. The minimum Gasteiger partial charge on any atom is -0.481 e. The van der Waals surface area contributed by atoms with Crippen molar-refractivity contribution in [3.8, 4) is 0 Å². The van der Waals surface area contributed by atoms with Gasteiger partial charge in [0, 0.05) is 11.2 Å². The molecule has 0 saturated carbocycles. The Balaban J connectivity index is 2.41. The van der Waals surface area contributed by atoms with E-state index in [4.69, 9.17) is 5.11 Å². The average molecular weight is 217 g/mol. The van der Waals surface area contributed by atoms with Crippen LogP contribution < -0.4 is 0 Å². The van der Waals surface area contributed by atoms with Crippen molar-refractivity contribution in [2.45, 2.75) is 26.2 Å². The van der Waals surface area contributed by atoms with Gasteiger partial charge in [-0.25, -0.2) is 0 Å². The van der Waals surface area contributed by atoms with Gasteiger partial charge in [-0.2, -0.15) is 0 Å². The third kappa shape index (κ3) is 2.08. The van der Waals surface area contributed by atoms with E-state index in [1.165, 1.54) is 5.56 Å². The zero-order valence-corrected chi connectivity index (χ0v) is 9.45.